The number of hydrogen-bond acceptors (Lipinski definition) is 3. The van der Waals surface area contributed by atoms with Crippen molar-refractivity contribution >= 4 is 17.7 Å². The molecule has 0 saturated carbocycles. The van der Waals surface area contributed by atoms with E-state index in [0.717, 1.165) is 37.7 Å². The number of ether oxygens (including phenoxy) is 2. The number of benzene rings is 1. The summed E-state index contributed by atoms with van der Waals surface area (Å²) in [5.41, 5.74) is 0.490. The molecule has 0 spiro atoms. The minimum atomic E-state index is -0.861. The molecule has 1 fully saturated rings. The van der Waals surface area contributed by atoms with Gasteiger partial charge in [0.15, 0.2) is 0 Å². The van der Waals surface area contributed by atoms with E-state index in [-0.39, 0.29) is 5.92 Å². The van der Waals surface area contributed by atoms with Crippen LogP contribution in [0.5, 0.6) is 0 Å². The van der Waals surface area contributed by atoms with E-state index in [2.05, 4.69) is 0 Å². The first kappa shape index (κ1) is 20.0. The lowest BCUT2D eigenvalue weighted by Crippen LogP contribution is -2.48. The highest BCUT2D eigenvalue weighted by Crippen LogP contribution is 2.43. The molecule has 5 nitrogen and oxygen atoms in total. The molecule has 1 unspecified atom stereocenters. The van der Waals surface area contributed by atoms with E-state index >= 15 is 0 Å². The van der Waals surface area contributed by atoms with Crippen molar-refractivity contribution in [2.24, 2.45) is 5.92 Å². The van der Waals surface area contributed by atoms with Crippen molar-refractivity contribution < 1.29 is 19.4 Å². The van der Waals surface area contributed by atoms with Crippen molar-refractivity contribution in [1.82, 2.24) is 4.90 Å². The van der Waals surface area contributed by atoms with Gasteiger partial charge >= 0.3 is 6.09 Å². The van der Waals surface area contributed by atoms with E-state index in [1.165, 1.54) is 4.90 Å². The molecule has 0 radical (unpaired) electrons. The van der Waals surface area contributed by atoms with Crippen LogP contribution in [-0.2, 0) is 15.1 Å². The number of rotatable bonds is 8. The summed E-state index contributed by atoms with van der Waals surface area (Å²) in [6.07, 6.45) is 3.62. The number of likely N-dealkylation sites (tertiary alicyclic amines) is 1. The van der Waals surface area contributed by atoms with Crippen molar-refractivity contribution in [2.75, 3.05) is 33.9 Å². The molecule has 0 aliphatic carbocycles. The number of halogens is 1. The average molecular weight is 370 g/mol. The predicted octanol–water partition coefficient (Wildman–Crippen LogP) is 4.39. The lowest BCUT2D eigenvalue weighted by atomic mass is 9.74. The zero-order chi connectivity index (χ0) is 18.3. The summed E-state index contributed by atoms with van der Waals surface area (Å²) in [5.74, 6) is 0.100. The van der Waals surface area contributed by atoms with Crippen LogP contribution in [-0.4, -0.2) is 50.0 Å². The van der Waals surface area contributed by atoms with Gasteiger partial charge in [0.1, 0.15) is 0 Å². The molecule has 6 heteroatoms. The second-order valence-electron chi connectivity index (χ2n) is 6.62. The van der Waals surface area contributed by atoms with E-state index in [1.807, 2.05) is 24.3 Å². The van der Waals surface area contributed by atoms with E-state index < -0.39 is 11.7 Å². The lowest BCUT2D eigenvalue weighted by Gasteiger charge is -2.44. The topological polar surface area (TPSA) is 59.0 Å². The Kier molecular flexibility index (Phi) is 7.54. The molecule has 0 aromatic heterocycles. The van der Waals surface area contributed by atoms with Crippen LogP contribution < -0.4 is 0 Å². The maximum atomic E-state index is 11.5. The summed E-state index contributed by atoms with van der Waals surface area (Å²) < 4.78 is 11.3. The van der Waals surface area contributed by atoms with Crippen molar-refractivity contribution in [3.05, 3.63) is 34.9 Å². The van der Waals surface area contributed by atoms with E-state index in [1.54, 1.807) is 14.2 Å². The van der Waals surface area contributed by atoms with Crippen LogP contribution in [0.3, 0.4) is 0 Å². The molecule has 1 heterocycles. The highest BCUT2D eigenvalue weighted by atomic mass is 35.5. The molecular weight excluding hydrogens is 342 g/mol. The molecule has 2 atom stereocenters. The Balaban J connectivity index is 2.30. The van der Waals surface area contributed by atoms with Gasteiger partial charge in [-0.3, -0.25) is 0 Å². The van der Waals surface area contributed by atoms with E-state index in [9.17, 15) is 9.90 Å². The standard InChI is InChI=1S/C19H28ClNO4/c1-24-12-4-3-10-19(25-2,15-7-5-9-17(20)13-15)16-8-6-11-21(14-16)18(22)23/h5,7,9,13,16H,3-4,6,8,10-12,14H2,1-2H3,(H,22,23)/t16?,19-/m1/s1. The van der Waals surface area contributed by atoms with Gasteiger partial charge < -0.3 is 19.5 Å². The molecule has 1 aromatic carbocycles. The highest BCUT2D eigenvalue weighted by molar-refractivity contribution is 6.30. The molecule has 1 aromatic rings. The Morgan fingerprint density at radius 3 is 2.84 bits per heavy atom. The molecule has 1 N–H and O–H groups in total. The Labute approximate surface area is 154 Å². The summed E-state index contributed by atoms with van der Waals surface area (Å²) in [6.45, 7) is 1.78. The van der Waals surface area contributed by atoms with Gasteiger partial charge in [-0.25, -0.2) is 4.79 Å². The van der Waals surface area contributed by atoms with Gasteiger partial charge in [0, 0.05) is 44.9 Å². The van der Waals surface area contributed by atoms with Crippen LogP contribution in [0.2, 0.25) is 5.02 Å². The smallest absolute Gasteiger partial charge is 0.407 e. The Morgan fingerprint density at radius 1 is 1.40 bits per heavy atom. The molecule has 1 amide bonds. The maximum Gasteiger partial charge on any atom is 0.407 e. The van der Waals surface area contributed by atoms with Gasteiger partial charge in [0.25, 0.3) is 0 Å². The Morgan fingerprint density at radius 2 is 2.20 bits per heavy atom. The molecule has 2 rings (SSSR count). The molecule has 0 bridgehead atoms. The fourth-order valence-electron chi connectivity index (χ4n) is 3.89. The second kappa shape index (κ2) is 9.41. The van der Waals surface area contributed by atoms with Crippen molar-refractivity contribution in [3.63, 3.8) is 0 Å². The van der Waals surface area contributed by atoms with Gasteiger partial charge in [0.05, 0.1) is 5.60 Å². The number of carbonyl (C=O) groups is 1. The third kappa shape index (κ3) is 4.87. The fraction of sp³-hybridized carbons (Fsp3) is 0.632. The van der Waals surface area contributed by atoms with Gasteiger partial charge in [-0.1, -0.05) is 23.7 Å². The van der Waals surface area contributed by atoms with Crippen LogP contribution in [0, 0.1) is 5.92 Å². The number of nitrogens with zero attached hydrogens (tertiary/aromatic N) is 1. The SMILES string of the molecule is COCCCC[C@@](OC)(c1cccc(Cl)c1)C1CCCN(C(=O)O)C1. The fourth-order valence-corrected chi connectivity index (χ4v) is 4.08. The minimum Gasteiger partial charge on any atom is -0.465 e. The first-order chi connectivity index (χ1) is 12.0. The first-order valence-electron chi connectivity index (χ1n) is 8.81. The third-order valence-corrected chi connectivity index (χ3v) is 5.41. The monoisotopic (exact) mass is 369 g/mol. The zero-order valence-corrected chi connectivity index (χ0v) is 15.8. The van der Waals surface area contributed by atoms with Crippen LogP contribution in [0.4, 0.5) is 4.79 Å². The maximum absolute atomic E-state index is 11.5. The van der Waals surface area contributed by atoms with Gasteiger partial charge in [0.2, 0.25) is 0 Å². The average Bonchev–Trinajstić information content (AvgIpc) is 2.62. The zero-order valence-electron chi connectivity index (χ0n) is 15.0. The number of hydrogen-bond donors (Lipinski definition) is 1. The summed E-state index contributed by atoms with van der Waals surface area (Å²) >= 11 is 6.23. The minimum absolute atomic E-state index is 0.100. The number of unbranched alkanes of at least 4 members (excludes halogenated alkanes) is 1. The molecule has 25 heavy (non-hydrogen) atoms. The molecule has 140 valence electrons. The van der Waals surface area contributed by atoms with Crippen LogP contribution in [0.25, 0.3) is 0 Å². The summed E-state index contributed by atoms with van der Waals surface area (Å²) in [4.78, 5) is 13.0. The van der Waals surface area contributed by atoms with Crippen molar-refractivity contribution in [2.45, 2.75) is 37.7 Å². The summed E-state index contributed by atoms with van der Waals surface area (Å²) in [7, 11) is 3.42. The van der Waals surface area contributed by atoms with Gasteiger partial charge in [-0.2, -0.15) is 0 Å². The molecule has 1 aliphatic heterocycles. The second-order valence-corrected chi connectivity index (χ2v) is 7.06. The van der Waals surface area contributed by atoms with Crippen LogP contribution in [0.1, 0.15) is 37.7 Å². The predicted molar refractivity (Wildman–Crippen MR) is 98.2 cm³/mol. The number of methoxy groups -OCH3 is 2. The number of piperidine rings is 1. The number of amides is 1. The third-order valence-electron chi connectivity index (χ3n) is 5.18. The summed E-state index contributed by atoms with van der Waals surface area (Å²) in [5, 5.41) is 10.1. The molecule has 1 aliphatic rings. The quantitative estimate of drug-likeness (QED) is 0.690. The highest BCUT2D eigenvalue weighted by Gasteiger charge is 2.43. The Hall–Kier alpha value is -1.30. The Bertz CT molecular complexity index is 568. The largest absolute Gasteiger partial charge is 0.465 e. The number of carboxylic acid groups (broad SMARTS) is 1. The molecular formula is C19H28ClNO4. The molecule has 1 saturated heterocycles. The van der Waals surface area contributed by atoms with Crippen LogP contribution >= 0.6 is 11.6 Å². The van der Waals surface area contributed by atoms with Crippen LogP contribution in [0.15, 0.2) is 24.3 Å². The normalized spacial score (nSPS) is 20.3. The van der Waals surface area contributed by atoms with E-state index in [4.69, 9.17) is 21.1 Å². The van der Waals surface area contributed by atoms with Gasteiger partial charge in [-0.15, -0.1) is 0 Å². The van der Waals surface area contributed by atoms with Crippen molar-refractivity contribution in [3.8, 4) is 0 Å². The van der Waals surface area contributed by atoms with E-state index in [0.29, 0.717) is 24.7 Å². The van der Waals surface area contributed by atoms with Gasteiger partial charge in [-0.05, 0) is 49.8 Å². The van der Waals surface area contributed by atoms with Crippen molar-refractivity contribution in [1.29, 1.82) is 0 Å². The first-order valence-corrected chi connectivity index (χ1v) is 9.19. The summed E-state index contributed by atoms with van der Waals surface area (Å²) in [6, 6.07) is 7.76. The lowest BCUT2D eigenvalue weighted by molar-refractivity contribution is -0.0909.